The molecule has 0 aromatic heterocycles. The van der Waals surface area contributed by atoms with Crippen molar-refractivity contribution in [2.24, 2.45) is 5.14 Å². The number of rotatable bonds is 6. The van der Waals surface area contributed by atoms with E-state index in [9.17, 15) is 13.2 Å². The van der Waals surface area contributed by atoms with Crippen molar-refractivity contribution in [1.82, 2.24) is 10.2 Å². The van der Waals surface area contributed by atoms with Gasteiger partial charge in [-0.25, -0.2) is 13.6 Å². The summed E-state index contributed by atoms with van der Waals surface area (Å²) in [6, 6.07) is 6.75. The molecule has 0 unspecified atom stereocenters. The van der Waals surface area contributed by atoms with Gasteiger partial charge in [-0.2, -0.15) is 0 Å². The largest absolute Gasteiger partial charge is 0.352 e. The van der Waals surface area contributed by atoms with E-state index in [2.05, 4.69) is 5.32 Å². The first-order valence-corrected chi connectivity index (χ1v) is 9.44. The highest BCUT2D eigenvalue weighted by Gasteiger charge is 2.20. The van der Waals surface area contributed by atoms with Gasteiger partial charge in [0.05, 0.1) is 11.4 Å². The molecule has 1 fully saturated rings. The maximum atomic E-state index is 12.1. The van der Waals surface area contributed by atoms with Crippen molar-refractivity contribution in [2.45, 2.75) is 49.6 Å². The second-order valence-corrected chi connectivity index (χ2v) is 7.82. The minimum Gasteiger partial charge on any atom is -0.352 e. The molecule has 7 heteroatoms. The smallest absolute Gasteiger partial charge is 0.238 e. The lowest BCUT2D eigenvalue weighted by Gasteiger charge is -2.25. The van der Waals surface area contributed by atoms with E-state index in [0.29, 0.717) is 6.04 Å². The van der Waals surface area contributed by atoms with Crippen LogP contribution in [0.1, 0.15) is 44.2 Å². The molecular formula is C16H25N3O3S. The molecular weight excluding hydrogens is 314 g/mol. The average Bonchev–Trinajstić information content (AvgIpc) is 2.98. The SMILES string of the molecule is C[C@H](c1cccc(S(N)(=O)=O)c1)N(C)CC(=O)NC1CCCC1. The minimum absolute atomic E-state index is 0.00820. The molecule has 0 heterocycles. The highest BCUT2D eigenvalue weighted by Crippen LogP contribution is 2.21. The third kappa shape index (κ3) is 5.02. The number of nitrogens with zero attached hydrogens (tertiary/aromatic N) is 1. The van der Waals surface area contributed by atoms with Gasteiger partial charge in [-0.15, -0.1) is 0 Å². The number of carbonyl (C=O) groups excluding carboxylic acids is 1. The Kier molecular flexibility index (Phi) is 5.78. The first-order chi connectivity index (χ1) is 10.8. The summed E-state index contributed by atoms with van der Waals surface area (Å²) >= 11 is 0. The normalized spacial score (nSPS) is 17.4. The maximum absolute atomic E-state index is 12.1. The van der Waals surface area contributed by atoms with Crippen LogP contribution in [-0.2, 0) is 14.8 Å². The van der Waals surface area contributed by atoms with Crippen LogP contribution in [0.4, 0.5) is 0 Å². The molecule has 0 saturated heterocycles. The van der Waals surface area contributed by atoms with Crippen LogP contribution in [0.2, 0.25) is 0 Å². The van der Waals surface area contributed by atoms with E-state index in [4.69, 9.17) is 5.14 Å². The number of nitrogens with two attached hydrogens (primary N) is 1. The summed E-state index contributed by atoms with van der Waals surface area (Å²) in [6.07, 6.45) is 4.47. The van der Waals surface area contributed by atoms with Crippen molar-refractivity contribution in [1.29, 1.82) is 0 Å². The van der Waals surface area contributed by atoms with Crippen LogP contribution >= 0.6 is 0 Å². The topological polar surface area (TPSA) is 92.5 Å². The summed E-state index contributed by atoms with van der Waals surface area (Å²) in [6.45, 7) is 2.21. The molecule has 1 saturated carbocycles. The summed E-state index contributed by atoms with van der Waals surface area (Å²) in [5, 5.41) is 8.22. The Balaban J connectivity index is 1.98. The molecule has 0 spiro atoms. The predicted molar refractivity (Wildman–Crippen MR) is 89.3 cm³/mol. The van der Waals surface area contributed by atoms with E-state index in [1.54, 1.807) is 12.1 Å². The van der Waals surface area contributed by atoms with Gasteiger partial charge in [0.1, 0.15) is 0 Å². The van der Waals surface area contributed by atoms with E-state index >= 15 is 0 Å². The zero-order valence-electron chi connectivity index (χ0n) is 13.7. The van der Waals surface area contributed by atoms with Gasteiger partial charge >= 0.3 is 0 Å². The van der Waals surface area contributed by atoms with Crippen LogP contribution in [0.15, 0.2) is 29.2 Å². The molecule has 0 bridgehead atoms. The van der Waals surface area contributed by atoms with E-state index in [1.807, 2.05) is 24.9 Å². The van der Waals surface area contributed by atoms with Crippen molar-refractivity contribution in [3.05, 3.63) is 29.8 Å². The van der Waals surface area contributed by atoms with Crippen molar-refractivity contribution in [3.63, 3.8) is 0 Å². The standard InChI is InChI=1S/C16H25N3O3S/c1-12(13-6-5-9-15(10-13)23(17,21)22)19(2)11-16(20)18-14-7-3-4-8-14/h5-6,9-10,12,14H,3-4,7-8,11H2,1-2H3,(H,18,20)(H2,17,21,22)/t12-/m1/s1. The molecule has 23 heavy (non-hydrogen) atoms. The lowest BCUT2D eigenvalue weighted by atomic mass is 10.1. The fourth-order valence-electron chi connectivity index (χ4n) is 2.91. The molecule has 1 aliphatic carbocycles. The Bertz CT molecular complexity index is 654. The third-order valence-electron chi connectivity index (χ3n) is 4.44. The van der Waals surface area contributed by atoms with Gasteiger partial charge in [0.2, 0.25) is 15.9 Å². The number of hydrogen-bond acceptors (Lipinski definition) is 4. The number of carbonyl (C=O) groups is 1. The highest BCUT2D eigenvalue weighted by molar-refractivity contribution is 7.89. The molecule has 1 amide bonds. The van der Waals surface area contributed by atoms with E-state index in [0.717, 1.165) is 18.4 Å². The first kappa shape index (κ1) is 17.9. The average molecular weight is 339 g/mol. The van der Waals surface area contributed by atoms with Gasteiger partial charge < -0.3 is 5.32 Å². The zero-order chi connectivity index (χ0) is 17.0. The van der Waals surface area contributed by atoms with Crippen molar-refractivity contribution in [3.8, 4) is 0 Å². The van der Waals surface area contributed by atoms with Crippen LogP contribution in [0, 0.1) is 0 Å². The Morgan fingerprint density at radius 2 is 2.04 bits per heavy atom. The van der Waals surface area contributed by atoms with E-state index < -0.39 is 10.0 Å². The molecule has 1 aromatic rings. The molecule has 0 radical (unpaired) electrons. The van der Waals surface area contributed by atoms with Gasteiger partial charge in [-0.3, -0.25) is 9.69 Å². The Hall–Kier alpha value is -1.44. The monoisotopic (exact) mass is 339 g/mol. The second-order valence-electron chi connectivity index (χ2n) is 6.26. The molecule has 6 nitrogen and oxygen atoms in total. The molecule has 1 atom stereocenters. The molecule has 2 rings (SSSR count). The lowest BCUT2D eigenvalue weighted by Crippen LogP contribution is -2.40. The number of benzene rings is 1. The van der Waals surface area contributed by atoms with E-state index in [-0.39, 0.29) is 23.4 Å². The van der Waals surface area contributed by atoms with Crippen molar-refractivity contribution < 1.29 is 13.2 Å². The van der Waals surface area contributed by atoms with Gasteiger partial charge in [-0.05, 0) is 44.5 Å². The minimum atomic E-state index is -3.72. The fraction of sp³-hybridized carbons (Fsp3) is 0.562. The number of amides is 1. The fourth-order valence-corrected chi connectivity index (χ4v) is 3.48. The van der Waals surface area contributed by atoms with Crippen molar-refractivity contribution in [2.75, 3.05) is 13.6 Å². The summed E-state index contributed by atoms with van der Waals surface area (Å²) in [5.41, 5.74) is 0.813. The summed E-state index contributed by atoms with van der Waals surface area (Å²) < 4.78 is 22.9. The van der Waals surface area contributed by atoms with Gasteiger partial charge in [-0.1, -0.05) is 25.0 Å². The van der Waals surface area contributed by atoms with Gasteiger partial charge in [0, 0.05) is 12.1 Å². The molecule has 128 valence electrons. The second kappa shape index (κ2) is 7.42. The molecule has 3 N–H and O–H groups in total. The quantitative estimate of drug-likeness (QED) is 0.819. The molecule has 1 aliphatic rings. The van der Waals surface area contributed by atoms with Crippen LogP contribution in [0.25, 0.3) is 0 Å². The van der Waals surface area contributed by atoms with Crippen LogP contribution in [-0.4, -0.2) is 38.9 Å². The number of sulfonamides is 1. The van der Waals surface area contributed by atoms with Crippen LogP contribution < -0.4 is 10.5 Å². The Labute approximate surface area is 138 Å². The Morgan fingerprint density at radius 1 is 1.39 bits per heavy atom. The van der Waals surface area contributed by atoms with Crippen LogP contribution in [0.5, 0.6) is 0 Å². The van der Waals surface area contributed by atoms with Crippen LogP contribution in [0.3, 0.4) is 0 Å². The molecule has 0 aliphatic heterocycles. The summed E-state index contributed by atoms with van der Waals surface area (Å²) in [5.74, 6) is 0.00820. The first-order valence-electron chi connectivity index (χ1n) is 7.90. The third-order valence-corrected chi connectivity index (χ3v) is 5.35. The van der Waals surface area contributed by atoms with Gasteiger partial charge in [0.15, 0.2) is 0 Å². The van der Waals surface area contributed by atoms with E-state index in [1.165, 1.54) is 18.9 Å². The van der Waals surface area contributed by atoms with Gasteiger partial charge in [0.25, 0.3) is 0 Å². The predicted octanol–water partition coefficient (Wildman–Crippen LogP) is 1.39. The number of primary sulfonamides is 1. The van der Waals surface area contributed by atoms with Crippen molar-refractivity contribution >= 4 is 15.9 Å². The lowest BCUT2D eigenvalue weighted by molar-refractivity contribution is -0.123. The maximum Gasteiger partial charge on any atom is 0.238 e. The number of likely N-dealkylation sites (N-methyl/N-ethyl adjacent to an activating group) is 1. The summed E-state index contributed by atoms with van der Waals surface area (Å²) in [4.78, 5) is 14.1. The zero-order valence-corrected chi connectivity index (χ0v) is 14.5. The number of hydrogen-bond donors (Lipinski definition) is 2. The number of nitrogens with one attached hydrogen (secondary N) is 1. The summed E-state index contributed by atoms with van der Waals surface area (Å²) in [7, 11) is -1.87. The Morgan fingerprint density at radius 3 is 2.65 bits per heavy atom. The molecule has 1 aromatic carbocycles. The highest BCUT2D eigenvalue weighted by atomic mass is 32.2.